The summed E-state index contributed by atoms with van der Waals surface area (Å²) in [4.78, 5) is 14.7. The SMILES string of the molecule is CC(NCCNc1ccc(C(=O)NS(=O)(=O)c2ccc(NCCCNCCO)c([N+](C)([O-])O)c2)c(Oc2ccc3[nH]ccc3c2)c1)C1=C(c2ccc(Cl)cc2)CC(C)(C)CC1. The maximum absolute atomic E-state index is 13.8. The molecular weight excluding hydrogens is 818 g/mol. The van der Waals surface area contributed by atoms with Gasteiger partial charge in [0, 0.05) is 72.2 Å². The molecule has 0 spiro atoms. The second kappa shape index (κ2) is 19.8. The van der Waals surface area contributed by atoms with Crippen molar-refractivity contribution >= 4 is 61.1 Å². The quantitative estimate of drug-likeness (QED) is 0.0214. The van der Waals surface area contributed by atoms with Gasteiger partial charge in [-0.1, -0.05) is 37.6 Å². The Hall–Kier alpha value is -4.97. The summed E-state index contributed by atoms with van der Waals surface area (Å²) >= 11 is 6.21. The molecule has 4 aromatic carbocycles. The fraction of sp³-hybridized carbons (Fsp3) is 0.356. The first kappa shape index (κ1) is 45.6. The molecule has 1 amide bonds. The van der Waals surface area contributed by atoms with Gasteiger partial charge in [-0.05, 0) is 122 Å². The summed E-state index contributed by atoms with van der Waals surface area (Å²) in [5.74, 6) is -0.406. The number of carbonyl (C=O) groups excluding carboxylic acids is 1. The topological polar surface area (TPSA) is 200 Å². The number of nitrogens with one attached hydrogen (secondary N) is 6. The van der Waals surface area contributed by atoms with E-state index in [0.717, 1.165) is 43.3 Å². The van der Waals surface area contributed by atoms with Crippen LogP contribution in [0.5, 0.6) is 11.5 Å². The highest BCUT2D eigenvalue weighted by Crippen LogP contribution is 2.44. The highest BCUT2D eigenvalue weighted by molar-refractivity contribution is 7.90. The third-order valence-corrected chi connectivity index (χ3v) is 12.4. The molecule has 8 N–H and O–H groups in total. The number of aliphatic hydroxyl groups is 1. The number of anilines is 2. The largest absolute Gasteiger partial charge is 0.593 e. The first-order valence-electron chi connectivity index (χ1n) is 20.4. The number of nitrogens with zero attached hydrogens (tertiary/aromatic N) is 1. The normalized spacial score (nSPS) is 15.6. The van der Waals surface area contributed by atoms with Gasteiger partial charge in [0.1, 0.15) is 18.5 Å². The van der Waals surface area contributed by atoms with E-state index < -0.39 is 25.6 Å². The maximum Gasteiger partial charge on any atom is 0.268 e. The smallest absolute Gasteiger partial charge is 0.268 e. The van der Waals surface area contributed by atoms with Crippen LogP contribution >= 0.6 is 11.6 Å². The van der Waals surface area contributed by atoms with E-state index in [2.05, 4.69) is 63.9 Å². The number of sulfonamides is 1. The standard InChI is InChI=1S/C45H56ClN7O7S/c1-30(37-16-18-45(2,3)29-39(37)31-6-8-33(46)9-7-31)48-22-23-49-34-10-13-38(43(27-34)60-35-11-14-40-32(26-35)17-21-51-40)44(55)52-61(58,59)36-12-15-41(42(28-36)53(4,56)57)50-20-5-19-47-24-25-54/h6-15,17,21,26-28,30,47-51,54,56H,5,16,18-20,22-25,29H2,1-4H3,(H,52,55). The van der Waals surface area contributed by atoms with E-state index in [9.17, 15) is 23.6 Å². The zero-order chi connectivity index (χ0) is 43.8. The highest BCUT2D eigenvalue weighted by Gasteiger charge is 2.30. The number of H-pyrrole nitrogens is 1. The van der Waals surface area contributed by atoms with Gasteiger partial charge in [0.25, 0.3) is 15.9 Å². The van der Waals surface area contributed by atoms with Gasteiger partial charge in [-0.15, -0.1) is 0 Å². The fourth-order valence-electron chi connectivity index (χ4n) is 7.51. The molecule has 1 aliphatic rings. The van der Waals surface area contributed by atoms with Gasteiger partial charge in [0.05, 0.1) is 22.8 Å². The first-order chi connectivity index (χ1) is 29.0. The number of quaternary nitrogens is 1. The molecular formula is C45H56ClN7O7S. The average Bonchev–Trinajstić information content (AvgIpc) is 3.68. The summed E-state index contributed by atoms with van der Waals surface area (Å²) in [6.07, 6.45) is 5.51. The number of hydrogen-bond donors (Lipinski definition) is 8. The zero-order valence-corrected chi connectivity index (χ0v) is 36.6. The van der Waals surface area contributed by atoms with Crippen LogP contribution in [0.15, 0.2) is 102 Å². The number of aromatic nitrogens is 1. The van der Waals surface area contributed by atoms with Gasteiger partial charge in [0.2, 0.25) is 0 Å². The molecule has 0 saturated carbocycles. The Labute approximate surface area is 362 Å². The van der Waals surface area contributed by atoms with Crippen LogP contribution in [0.4, 0.5) is 17.1 Å². The number of hydroxylamine groups is 2. The molecule has 1 aliphatic carbocycles. The van der Waals surface area contributed by atoms with Gasteiger partial charge < -0.3 is 41.3 Å². The molecule has 0 radical (unpaired) electrons. The van der Waals surface area contributed by atoms with Gasteiger partial charge in [-0.2, -0.15) is 4.81 Å². The minimum Gasteiger partial charge on any atom is -0.593 e. The summed E-state index contributed by atoms with van der Waals surface area (Å²) in [6, 6.07) is 24.0. The first-order valence-corrected chi connectivity index (χ1v) is 22.3. The van der Waals surface area contributed by atoms with Crippen molar-refractivity contribution in [2.24, 2.45) is 5.41 Å². The minimum atomic E-state index is -4.54. The molecule has 0 aliphatic heterocycles. The molecule has 1 aromatic heterocycles. The molecule has 5 aromatic rings. The Morgan fingerprint density at radius 3 is 2.51 bits per heavy atom. The lowest BCUT2D eigenvalue weighted by Gasteiger charge is -2.36. The van der Waals surface area contributed by atoms with E-state index >= 15 is 0 Å². The van der Waals surface area contributed by atoms with Crippen molar-refractivity contribution in [2.75, 3.05) is 57.0 Å². The number of amides is 1. The van der Waals surface area contributed by atoms with Gasteiger partial charge in [-0.3, -0.25) is 4.79 Å². The summed E-state index contributed by atoms with van der Waals surface area (Å²) in [5, 5.41) is 46.8. The van der Waals surface area contributed by atoms with Gasteiger partial charge in [0.15, 0.2) is 5.69 Å². The molecule has 326 valence electrons. The summed E-state index contributed by atoms with van der Waals surface area (Å²) in [7, 11) is -3.59. The van der Waals surface area contributed by atoms with Crippen molar-refractivity contribution in [1.29, 1.82) is 0 Å². The van der Waals surface area contributed by atoms with Crippen molar-refractivity contribution in [2.45, 2.75) is 57.4 Å². The highest BCUT2D eigenvalue weighted by atomic mass is 35.5. The van der Waals surface area contributed by atoms with Crippen molar-refractivity contribution < 1.29 is 28.3 Å². The minimum absolute atomic E-state index is 0.00557. The Bertz CT molecular complexity index is 2450. The molecule has 2 atom stereocenters. The van der Waals surface area contributed by atoms with Crippen molar-refractivity contribution in [1.82, 2.24) is 25.1 Å². The van der Waals surface area contributed by atoms with Crippen LogP contribution in [-0.4, -0.2) is 82.0 Å². The number of benzene rings is 4. The van der Waals surface area contributed by atoms with Crippen molar-refractivity contribution in [3.63, 3.8) is 0 Å². The molecule has 16 heteroatoms. The van der Waals surface area contributed by atoms with Crippen LogP contribution < -0.4 is 35.5 Å². The van der Waals surface area contributed by atoms with E-state index in [1.54, 1.807) is 24.4 Å². The number of allylic oxidation sites excluding steroid dienone is 1. The third kappa shape index (κ3) is 12.1. The predicted octanol–water partition coefficient (Wildman–Crippen LogP) is 7.99. The van der Waals surface area contributed by atoms with Crippen molar-refractivity contribution in [3.8, 4) is 11.5 Å². The fourth-order valence-corrected chi connectivity index (χ4v) is 8.63. The van der Waals surface area contributed by atoms with Crippen LogP contribution in [0, 0.1) is 10.6 Å². The Morgan fingerprint density at radius 2 is 1.75 bits per heavy atom. The molecule has 14 nitrogen and oxygen atoms in total. The molecule has 0 bridgehead atoms. The second-order valence-corrected chi connectivity index (χ2v) is 18.4. The van der Waals surface area contributed by atoms with E-state index in [1.165, 1.54) is 34.9 Å². The Kier molecular flexibility index (Phi) is 14.8. The summed E-state index contributed by atoms with van der Waals surface area (Å²) < 4.78 is 35.7. The third-order valence-electron chi connectivity index (χ3n) is 10.8. The number of aliphatic hydroxyl groups excluding tert-OH is 1. The van der Waals surface area contributed by atoms with Crippen molar-refractivity contribution in [3.05, 3.63) is 118 Å². The number of hydrogen-bond acceptors (Lipinski definition) is 11. The molecule has 0 fully saturated rings. The lowest BCUT2D eigenvalue weighted by Crippen LogP contribution is -2.35. The lowest BCUT2D eigenvalue weighted by atomic mass is 9.71. The van der Waals surface area contributed by atoms with Gasteiger partial charge in [-0.25, -0.2) is 18.3 Å². The molecule has 0 saturated heterocycles. The Balaban J connectivity index is 1.18. The van der Waals surface area contributed by atoms with Crippen LogP contribution in [-0.2, 0) is 10.0 Å². The van der Waals surface area contributed by atoms with Crippen LogP contribution in [0.1, 0.15) is 62.4 Å². The molecule has 2 unspecified atom stereocenters. The number of aromatic amines is 1. The van der Waals surface area contributed by atoms with Crippen LogP contribution in [0.25, 0.3) is 16.5 Å². The molecule has 61 heavy (non-hydrogen) atoms. The monoisotopic (exact) mass is 873 g/mol. The zero-order valence-electron chi connectivity index (χ0n) is 35.0. The van der Waals surface area contributed by atoms with E-state index in [-0.39, 0.29) is 40.8 Å². The van der Waals surface area contributed by atoms with E-state index in [4.69, 9.17) is 21.4 Å². The number of halogens is 1. The lowest BCUT2D eigenvalue weighted by molar-refractivity contribution is -0.00400. The Morgan fingerprint density at radius 1 is 0.967 bits per heavy atom. The van der Waals surface area contributed by atoms with E-state index in [0.29, 0.717) is 55.6 Å². The summed E-state index contributed by atoms with van der Waals surface area (Å²) in [6.45, 7) is 9.43. The predicted molar refractivity (Wildman–Crippen MR) is 244 cm³/mol. The van der Waals surface area contributed by atoms with Gasteiger partial charge >= 0.3 is 0 Å². The average molecular weight is 875 g/mol. The van der Waals surface area contributed by atoms with E-state index in [1.807, 2.05) is 30.3 Å². The maximum atomic E-state index is 13.8. The number of rotatable bonds is 20. The number of ether oxygens (including phenoxy) is 1. The molecule has 6 rings (SSSR count). The van der Waals surface area contributed by atoms with Crippen LogP contribution in [0.2, 0.25) is 5.02 Å². The molecule has 1 heterocycles. The van der Waals surface area contributed by atoms with Crippen LogP contribution in [0.3, 0.4) is 0 Å². The second-order valence-electron chi connectivity index (χ2n) is 16.2. The number of fused-ring (bicyclic) bond motifs is 1. The number of carbonyl (C=O) groups is 1. The summed E-state index contributed by atoms with van der Waals surface area (Å²) in [5.41, 5.74) is 5.62.